The molecular formula is C22H25N3O2. The van der Waals surface area contributed by atoms with Crippen molar-refractivity contribution in [3.05, 3.63) is 70.1 Å². The van der Waals surface area contributed by atoms with Gasteiger partial charge in [0.05, 0.1) is 5.39 Å². The molecule has 27 heavy (non-hydrogen) atoms. The summed E-state index contributed by atoms with van der Waals surface area (Å²) in [5.74, 6) is -0.0645. The van der Waals surface area contributed by atoms with Crippen LogP contribution in [0.2, 0.25) is 0 Å². The monoisotopic (exact) mass is 363 g/mol. The number of benzene rings is 2. The fraction of sp³-hybridized carbons (Fsp3) is 0.318. The van der Waals surface area contributed by atoms with Crippen LogP contribution in [-0.4, -0.2) is 15.7 Å². The lowest BCUT2D eigenvalue weighted by Gasteiger charge is -2.13. The van der Waals surface area contributed by atoms with E-state index < -0.39 is 0 Å². The largest absolute Gasteiger partial charge is 0.321 e. The van der Waals surface area contributed by atoms with Crippen molar-refractivity contribution in [2.45, 2.75) is 40.2 Å². The summed E-state index contributed by atoms with van der Waals surface area (Å²) in [4.78, 5) is 25.6. The van der Waals surface area contributed by atoms with Gasteiger partial charge in [-0.3, -0.25) is 9.59 Å². The summed E-state index contributed by atoms with van der Waals surface area (Å²) in [6, 6.07) is 15.0. The second kappa shape index (κ2) is 8.16. The quantitative estimate of drug-likeness (QED) is 0.712. The summed E-state index contributed by atoms with van der Waals surface area (Å²) in [6.45, 7) is 6.63. The third kappa shape index (κ3) is 4.25. The molecule has 0 radical (unpaired) electrons. The van der Waals surface area contributed by atoms with Gasteiger partial charge in [0.15, 0.2) is 5.69 Å². The molecule has 140 valence electrons. The molecule has 0 bridgehead atoms. The molecule has 3 rings (SSSR count). The third-order valence-electron chi connectivity index (χ3n) is 4.37. The van der Waals surface area contributed by atoms with Gasteiger partial charge < -0.3 is 5.32 Å². The average Bonchev–Trinajstić information content (AvgIpc) is 2.65. The number of nitrogens with zero attached hydrogens (tertiary/aromatic N) is 2. The van der Waals surface area contributed by atoms with Crippen LogP contribution in [0.15, 0.2) is 53.3 Å². The maximum absolute atomic E-state index is 12.9. The van der Waals surface area contributed by atoms with Crippen LogP contribution in [0.1, 0.15) is 43.2 Å². The first-order valence-corrected chi connectivity index (χ1v) is 9.39. The highest BCUT2D eigenvalue weighted by molar-refractivity contribution is 6.11. The second-order valence-corrected chi connectivity index (χ2v) is 7.18. The number of rotatable bonds is 6. The van der Waals surface area contributed by atoms with Crippen LogP contribution in [0, 0.1) is 5.92 Å². The minimum absolute atomic E-state index is 0.167. The third-order valence-corrected chi connectivity index (χ3v) is 4.37. The molecule has 3 aromatic rings. The van der Waals surface area contributed by atoms with Crippen molar-refractivity contribution >= 4 is 22.4 Å². The van der Waals surface area contributed by atoms with Gasteiger partial charge in [-0.15, -0.1) is 0 Å². The van der Waals surface area contributed by atoms with Gasteiger partial charge in [-0.05, 0) is 36.1 Å². The number of hydrogen-bond donors (Lipinski definition) is 1. The highest BCUT2D eigenvalue weighted by Gasteiger charge is 2.17. The predicted octanol–water partition coefficient (Wildman–Crippen LogP) is 4.26. The maximum atomic E-state index is 12.9. The van der Waals surface area contributed by atoms with Crippen LogP contribution < -0.4 is 10.9 Å². The van der Waals surface area contributed by atoms with E-state index in [2.05, 4.69) is 17.3 Å². The molecule has 5 heteroatoms. The molecule has 1 aromatic heterocycles. The zero-order valence-corrected chi connectivity index (χ0v) is 16.0. The molecule has 0 aliphatic rings. The van der Waals surface area contributed by atoms with Gasteiger partial charge in [0.1, 0.15) is 0 Å². The molecule has 0 atom stereocenters. The Hall–Kier alpha value is -2.95. The van der Waals surface area contributed by atoms with E-state index in [1.807, 2.05) is 44.2 Å². The summed E-state index contributed by atoms with van der Waals surface area (Å²) in [6.07, 6.45) is 2.10. The Morgan fingerprint density at radius 2 is 1.74 bits per heavy atom. The molecule has 0 fully saturated rings. The number of aromatic nitrogens is 2. The summed E-state index contributed by atoms with van der Waals surface area (Å²) < 4.78 is 1.40. The molecule has 0 saturated carbocycles. The molecule has 0 unspecified atom stereocenters. The molecule has 1 heterocycles. The number of aryl methyl sites for hydroxylation is 1. The lowest BCUT2D eigenvalue weighted by molar-refractivity contribution is 0.102. The zero-order valence-electron chi connectivity index (χ0n) is 16.0. The van der Waals surface area contributed by atoms with Crippen molar-refractivity contribution in [1.82, 2.24) is 9.78 Å². The number of carbonyl (C=O) groups is 1. The Bertz CT molecular complexity index is 1000. The van der Waals surface area contributed by atoms with Gasteiger partial charge in [0.2, 0.25) is 0 Å². The van der Waals surface area contributed by atoms with E-state index in [4.69, 9.17) is 0 Å². The van der Waals surface area contributed by atoms with Crippen LogP contribution in [0.25, 0.3) is 10.8 Å². The summed E-state index contributed by atoms with van der Waals surface area (Å²) in [5, 5.41) is 8.36. The van der Waals surface area contributed by atoms with Crippen molar-refractivity contribution in [2.24, 2.45) is 5.92 Å². The number of anilines is 1. The molecule has 0 aliphatic heterocycles. The lowest BCUT2D eigenvalue weighted by Crippen LogP contribution is -2.29. The first kappa shape index (κ1) is 18.8. The number of carbonyl (C=O) groups excluding carboxylic acids is 1. The summed E-state index contributed by atoms with van der Waals surface area (Å²) in [7, 11) is 0. The van der Waals surface area contributed by atoms with Crippen LogP contribution in [0.5, 0.6) is 0 Å². The zero-order chi connectivity index (χ0) is 19.4. The van der Waals surface area contributed by atoms with Crippen molar-refractivity contribution in [1.29, 1.82) is 0 Å². The fourth-order valence-electron chi connectivity index (χ4n) is 3.11. The highest BCUT2D eigenvalue weighted by atomic mass is 16.2. The lowest BCUT2D eigenvalue weighted by atomic mass is 10.1. The van der Waals surface area contributed by atoms with Gasteiger partial charge >= 0.3 is 0 Å². The van der Waals surface area contributed by atoms with Crippen LogP contribution >= 0.6 is 0 Å². The Labute approximate surface area is 159 Å². The Balaban J connectivity index is 1.98. The SMILES string of the molecule is CCCc1ccc(NC(=O)c2nn(CC(C)C)c(=O)c3ccccc23)cc1. The molecule has 5 nitrogen and oxygen atoms in total. The smallest absolute Gasteiger partial charge is 0.276 e. The normalized spacial score (nSPS) is 11.1. The topological polar surface area (TPSA) is 64.0 Å². The van der Waals surface area contributed by atoms with Gasteiger partial charge in [-0.2, -0.15) is 5.10 Å². The number of amides is 1. The standard InChI is InChI=1S/C22H25N3O2/c1-4-7-16-10-12-17(13-11-16)23-21(26)20-18-8-5-6-9-19(18)22(27)25(24-20)14-15(2)3/h5-6,8-13,15H,4,7,14H2,1-3H3,(H,23,26). The van der Waals surface area contributed by atoms with E-state index in [-0.39, 0.29) is 23.1 Å². The van der Waals surface area contributed by atoms with Gasteiger partial charge in [0.25, 0.3) is 11.5 Å². The number of fused-ring (bicyclic) bond motifs is 1. The van der Waals surface area contributed by atoms with Crippen LogP contribution in [0.3, 0.4) is 0 Å². The predicted molar refractivity (Wildman–Crippen MR) is 109 cm³/mol. The summed E-state index contributed by atoms with van der Waals surface area (Å²) >= 11 is 0. The minimum Gasteiger partial charge on any atom is -0.321 e. The number of nitrogens with one attached hydrogen (secondary N) is 1. The first-order valence-electron chi connectivity index (χ1n) is 9.39. The Kier molecular flexibility index (Phi) is 5.69. The van der Waals surface area contributed by atoms with Crippen molar-refractivity contribution < 1.29 is 4.79 Å². The van der Waals surface area contributed by atoms with E-state index in [1.54, 1.807) is 18.2 Å². The van der Waals surface area contributed by atoms with E-state index in [1.165, 1.54) is 10.2 Å². The maximum Gasteiger partial charge on any atom is 0.276 e. The van der Waals surface area contributed by atoms with E-state index >= 15 is 0 Å². The van der Waals surface area contributed by atoms with Gasteiger partial charge in [-0.25, -0.2) is 4.68 Å². The van der Waals surface area contributed by atoms with Gasteiger partial charge in [0, 0.05) is 17.6 Å². The molecule has 0 spiro atoms. The fourth-order valence-corrected chi connectivity index (χ4v) is 3.11. The molecular weight excluding hydrogens is 338 g/mol. The van der Waals surface area contributed by atoms with Crippen molar-refractivity contribution in [3.63, 3.8) is 0 Å². The molecule has 1 amide bonds. The highest BCUT2D eigenvalue weighted by Crippen LogP contribution is 2.17. The van der Waals surface area contributed by atoms with Crippen molar-refractivity contribution in [3.8, 4) is 0 Å². The Morgan fingerprint density at radius 1 is 1.07 bits per heavy atom. The first-order chi connectivity index (χ1) is 13.0. The second-order valence-electron chi connectivity index (χ2n) is 7.18. The number of hydrogen-bond acceptors (Lipinski definition) is 3. The molecule has 0 aliphatic carbocycles. The average molecular weight is 363 g/mol. The minimum atomic E-state index is -0.313. The molecule has 2 aromatic carbocycles. The molecule has 0 saturated heterocycles. The van der Waals surface area contributed by atoms with Crippen LogP contribution in [-0.2, 0) is 13.0 Å². The summed E-state index contributed by atoms with van der Waals surface area (Å²) in [5.41, 5.74) is 2.06. The van der Waals surface area contributed by atoms with E-state index in [9.17, 15) is 9.59 Å². The van der Waals surface area contributed by atoms with Crippen LogP contribution in [0.4, 0.5) is 5.69 Å². The van der Waals surface area contributed by atoms with E-state index in [0.29, 0.717) is 23.0 Å². The van der Waals surface area contributed by atoms with E-state index in [0.717, 1.165) is 12.8 Å². The van der Waals surface area contributed by atoms with Crippen molar-refractivity contribution in [2.75, 3.05) is 5.32 Å². The molecule has 1 N–H and O–H groups in total. The van der Waals surface area contributed by atoms with Gasteiger partial charge in [-0.1, -0.05) is 57.5 Å². The Morgan fingerprint density at radius 3 is 2.37 bits per heavy atom.